The highest BCUT2D eigenvalue weighted by molar-refractivity contribution is 5.90. The summed E-state index contributed by atoms with van der Waals surface area (Å²) in [6.07, 6.45) is 8.24. The Hall–Kier alpha value is -0.790. The molecule has 1 heterocycles. The van der Waals surface area contributed by atoms with Gasteiger partial charge in [0.1, 0.15) is 0 Å². The molecule has 3 unspecified atom stereocenters. The molecule has 17 heavy (non-hydrogen) atoms. The zero-order chi connectivity index (χ0) is 12.0. The lowest BCUT2D eigenvalue weighted by Crippen LogP contribution is -2.52. The maximum atomic E-state index is 11.4. The second-order valence-corrected chi connectivity index (χ2v) is 6.55. The van der Waals surface area contributed by atoms with Crippen LogP contribution in [0.2, 0.25) is 0 Å². The van der Waals surface area contributed by atoms with E-state index >= 15 is 0 Å². The van der Waals surface area contributed by atoms with E-state index in [1.807, 2.05) is 0 Å². The third-order valence-corrected chi connectivity index (χ3v) is 5.54. The van der Waals surface area contributed by atoms with Crippen LogP contribution >= 0.6 is 0 Å². The summed E-state index contributed by atoms with van der Waals surface area (Å²) in [6.45, 7) is 5.44. The molecule has 4 fully saturated rings. The molecule has 2 bridgehead atoms. The summed E-state index contributed by atoms with van der Waals surface area (Å²) in [5, 5.41) is 0. The molecule has 2 heteroatoms. The fraction of sp³-hybridized carbons (Fsp3) is 0.800. The van der Waals surface area contributed by atoms with Crippen molar-refractivity contribution in [3.63, 3.8) is 0 Å². The lowest BCUT2D eigenvalue weighted by molar-refractivity contribution is -0.135. The lowest BCUT2D eigenvalue weighted by Gasteiger charge is -2.60. The van der Waals surface area contributed by atoms with E-state index in [-0.39, 0.29) is 5.97 Å². The monoisotopic (exact) mass is 234 g/mol. The first-order valence-electron chi connectivity index (χ1n) is 6.95. The van der Waals surface area contributed by atoms with Crippen LogP contribution in [0, 0.1) is 23.2 Å². The minimum absolute atomic E-state index is 0.0773. The minimum Gasteiger partial charge on any atom is -0.462 e. The topological polar surface area (TPSA) is 26.3 Å². The molecule has 3 atom stereocenters. The van der Waals surface area contributed by atoms with Crippen LogP contribution in [0.25, 0.3) is 0 Å². The van der Waals surface area contributed by atoms with Crippen LogP contribution < -0.4 is 0 Å². The van der Waals surface area contributed by atoms with Crippen LogP contribution in [0.4, 0.5) is 0 Å². The number of allylic oxidation sites excluding steroid dienone is 1. The summed E-state index contributed by atoms with van der Waals surface area (Å²) in [5.41, 5.74) is 1.47. The molecule has 0 amide bonds. The number of rotatable bonds is 2. The number of cyclic esters (lactones) is 1. The molecule has 3 aliphatic carbocycles. The molecule has 1 aliphatic heterocycles. The summed E-state index contributed by atoms with van der Waals surface area (Å²) in [6, 6.07) is 0. The van der Waals surface area contributed by atoms with Gasteiger partial charge in [-0.1, -0.05) is 19.9 Å². The van der Waals surface area contributed by atoms with Crippen LogP contribution in [0.1, 0.15) is 46.0 Å². The van der Waals surface area contributed by atoms with Crippen molar-refractivity contribution in [2.75, 3.05) is 6.61 Å². The first-order valence-corrected chi connectivity index (χ1v) is 6.95. The summed E-state index contributed by atoms with van der Waals surface area (Å²) in [4.78, 5) is 11.4. The maximum Gasteiger partial charge on any atom is 0.333 e. The fourth-order valence-corrected chi connectivity index (χ4v) is 4.17. The Morgan fingerprint density at radius 2 is 2.24 bits per heavy atom. The third-order valence-electron chi connectivity index (χ3n) is 5.54. The number of hydrogen-bond acceptors (Lipinski definition) is 2. The van der Waals surface area contributed by atoms with Gasteiger partial charge >= 0.3 is 5.97 Å². The quantitative estimate of drug-likeness (QED) is 0.541. The highest BCUT2D eigenvalue weighted by atomic mass is 16.5. The maximum absolute atomic E-state index is 11.4. The van der Waals surface area contributed by atoms with Crippen LogP contribution in [-0.4, -0.2) is 12.6 Å². The summed E-state index contributed by atoms with van der Waals surface area (Å²) >= 11 is 0. The van der Waals surface area contributed by atoms with Gasteiger partial charge in [-0.2, -0.15) is 0 Å². The Morgan fingerprint density at radius 3 is 2.82 bits per heavy atom. The molecular formula is C15H22O2. The van der Waals surface area contributed by atoms with Gasteiger partial charge < -0.3 is 4.74 Å². The van der Waals surface area contributed by atoms with Crippen LogP contribution in [-0.2, 0) is 9.53 Å². The van der Waals surface area contributed by atoms with E-state index in [0.29, 0.717) is 12.0 Å². The molecular weight excluding hydrogens is 212 g/mol. The predicted molar refractivity (Wildman–Crippen MR) is 66.4 cm³/mol. The van der Waals surface area contributed by atoms with E-state index in [1.54, 1.807) is 0 Å². The first-order chi connectivity index (χ1) is 8.09. The molecule has 2 nitrogen and oxygen atoms in total. The molecule has 0 aromatic rings. The second kappa shape index (κ2) is 3.86. The second-order valence-electron chi connectivity index (χ2n) is 6.55. The zero-order valence-corrected chi connectivity index (χ0v) is 10.9. The minimum atomic E-state index is -0.0773. The number of fused-ring (bicyclic) bond motifs is 2. The van der Waals surface area contributed by atoms with Crippen molar-refractivity contribution in [1.82, 2.24) is 0 Å². The van der Waals surface area contributed by atoms with Crippen molar-refractivity contribution < 1.29 is 9.53 Å². The molecule has 4 aliphatic rings. The third kappa shape index (κ3) is 1.73. The fourth-order valence-electron chi connectivity index (χ4n) is 4.17. The molecule has 0 radical (unpaired) electrons. The molecule has 94 valence electrons. The van der Waals surface area contributed by atoms with Gasteiger partial charge in [0.15, 0.2) is 0 Å². The molecule has 0 aromatic carbocycles. The summed E-state index contributed by atoms with van der Waals surface area (Å²) < 4.78 is 4.98. The largest absolute Gasteiger partial charge is 0.462 e. The highest BCUT2D eigenvalue weighted by Gasteiger charge is 2.53. The van der Waals surface area contributed by atoms with E-state index in [4.69, 9.17) is 4.74 Å². The Morgan fingerprint density at radius 1 is 1.41 bits per heavy atom. The Balaban J connectivity index is 1.64. The average molecular weight is 234 g/mol. The van der Waals surface area contributed by atoms with Crippen molar-refractivity contribution in [2.24, 2.45) is 23.2 Å². The molecule has 0 spiro atoms. The van der Waals surface area contributed by atoms with Crippen LogP contribution in [0.15, 0.2) is 11.6 Å². The first kappa shape index (κ1) is 11.3. The van der Waals surface area contributed by atoms with Gasteiger partial charge in [0.25, 0.3) is 0 Å². The van der Waals surface area contributed by atoms with E-state index in [9.17, 15) is 4.79 Å². The predicted octanol–water partition coefficient (Wildman–Crippen LogP) is 3.32. The van der Waals surface area contributed by atoms with E-state index < -0.39 is 0 Å². The SMILES string of the molecule is CC1(C)C2CCC(C/C=C3\CCOC3=O)C1C2. The zero-order valence-electron chi connectivity index (χ0n) is 10.9. The van der Waals surface area contributed by atoms with E-state index in [0.717, 1.165) is 36.2 Å². The molecule has 1 saturated heterocycles. The summed E-state index contributed by atoms with van der Waals surface area (Å²) in [7, 11) is 0. The number of esters is 1. The van der Waals surface area contributed by atoms with Crippen molar-refractivity contribution in [3.05, 3.63) is 11.6 Å². The Kier molecular flexibility index (Phi) is 2.57. The molecule has 0 N–H and O–H groups in total. The molecule has 3 saturated carbocycles. The van der Waals surface area contributed by atoms with Crippen LogP contribution in [0.5, 0.6) is 0 Å². The normalized spacial score (nSPS) is 41.2. The molecule has 4 rings (SSSR count). The van der Waals surface area contributed by atoms with Crippen molar-refractivity contribution in [1.29, 1.82) is 0 Å². The lowest BCUT2D eigenvalue weighted by atomic mass is 9.45. The number of hydrogen-bond donors (Lipinski definition) is 0. The van der Waals surface area contributed by atoms with Crippen LogP contribution in [0.3, 0.4) is 0 Å². The highest BCUT2D eigenvalue weighted by Crippen LogP contribution is 2.62. The summed E-state index contributed by atoms with van der Waals surface area (Å²) in [5.74, 6) is 2.57. The number of ether oxygens (including phenoxy) is 1. The Labute approximate surface area is 103 Å². The van der Waals surface area contributed by atoms with E-state index in [2.05, 4.69) is 19.9 Å². The standard InChI is InChI=1S/C15H22O2/c1-15(2)12-6-5-10(13(15)9-12)3-4-11-7-8-17-14(11)16/h4,10,12-13H,3,5-9H2,1-2H3/b11-4+. The van der Waals surface area contributed by atoms with Crippen molar-refractivity contribution in [2.45, 2.75) is 46.0 Å². The van der Waals surface area contributed by atoms with Gasteiger partial charge in [-0.3, -0.25) is 0 Å². The average Bonchev–Trinajstić information content (AvgIpc) is 2.72. The van der Waals surface area contributed by atoms with Gasteiger partial charge in [0, 0.05) is 12.0 Å². The molecule has 0 aromatic heterocycles. The van der Waals surface area contributed by atoms with Gasteiger partial charge in [-0.15, -0.1) is 0 Å². The van der Waals surface area contributed by atoms with Gasteiger partial charge in [-0.25, -0.2) is 4.79 Å². The van der Waals surface area contributed by atoms with Gasteiger partial charge in [0.05, 0.1) is 6.61 Å². The van der Waals surface area contributed by atoms with E-state index in [1.165, 1.54) is 19.3 Å². The van der Waals surface area contributed by atoms with Gasteiger partial charge in [-0.05, 0) is 48.9 Å². The Bertz CT molecular complexity index is 365. The van der Waals surface area contributed by atoms with Crippen molar-refractivity contribution >= 4 is 5.97 Å². The number of carbonyl (C=O) groups excluding carboxylic acids is 1. The van der Waals surface area contributed by atoms with Gasteiger partial charge in [0.2, 0.25) is 0 Å². The number of carbonyl (C=O) groups is 1. The van der Waals surface area contributed by atoms with Crippen molar-refractivity contribution in [3.8, 4) is 0 Å². The smallest absolute Gasteiger partial charge is 0.333 e.